The predicted molar refractivity (Wildman–Crippen MR) is 86.9 cm³/mol. The first-order chi connectivity index (χ1) is 12.8. The third-order valence-electron chi connectivity index (χ3n) is 3.26. The molecule has 1 aromatic carbocycles. The van der Waals surface area contributed by atoms with E-state index in [2.05, 4.69) is 19.6 Å². The summed E-state index contributed by atoms with van der Waals surface area (Å²) in [5.74, 6) is -0.714. The van der Waals surface area contributed by atoms with Crippen molar-refractivity contribution < 1.29 is 37.4 Å². The number of pyridine rings is 1. The molecular formula is C17H15F3N2O5. The Kier molecular flexibility index (Phi) is 6.58. The molecule has 27 heavy (non-hydrogen) atoms. The molecule has 10 heteroatoms. The number of oxime groups is 1. The lowest BCUT2D eigenvalue weighted by atomic mass is 10.1. The molecule has 1 N–H and O–H groups in total. The number of ether oxygens (including phenoxy) is 3. The van der Waals surface area contributed by atoms with Crippen LogP contribution >= 0.6 is 0 Å². The third-order valence-corrected chi connectivity index (χ3v) is 3.26. The number of methoxy groups -OCH3 is 1. The Morgan fingerprint density at radius 3 is 2.33 bits per heavy atom. The van der Waals surface area contributed by atoms with E-state index in [1.807, 2.05) is 0 Å². The van der Waals surface area contributed by atoms with Gasteiger partial charge in [0, 0.05) is 6.42 Å². The molecule has 7 nitrogen and oxygen atoms in total. The number of aromatic nitrogens is 1. The Labute approximate surface area is 152 Å². The van der Waals surface area contributed by atoms with Crippen LogP contribution in [0.15, 0.2) is 47.8 Å². The number of rotatable bonds is 6. The van der Waals surface area contributed by atoms with Gasteiger partial charge >= 0.3 is 12.3 Å². The van der Waals surface area contributed by atoms with Crippen molar-refractivity contribution in [2.24, 2.45) is 5.16 Å². The van der Waals surface area contributed by atoms with Crippen molar-refractivity contribution in [2.75, 3.05) is 7.11 Å². The Hall–Kier alpha value is -3.30. The molecule has 0 radical (unpaired) electrons. The number of carbonyl (C=O) groups excluding carboxylic acids is 1. The number of benzene rings is 1. The average molecular weight is 384 g/mol. The van der Waals surface area contributed by atoms with Crippen molar-refractivity contribution in [3.8, 4) is 11.5 Å². The fourth-order valence-electron chi connectivity index (χ4n) is 2.03. The van der Waals surface area contributed by atoms with E-state index in [1.54, 1.807) is 0 Å². The zero-order valence-corrected chi connectivity index (χ0v) is 14.1. The molecule has 1 aromatic heterocycles. The van der Waals surface area contributed by atoms with Gasteiger partial charge in [0.2, 0.25) is 5.90 Å². The minimum Gasteiger partial charge on any atom is -0.464 e. The Balaban J connectivity index is 1.91. The lowest BCUT2D eigenvalue weighted by molar-refractivity contribution is -0.274. The van der Waals surface area contributed by atoms with Gasteiger partial charge in [0.25, 0.3) is 0 Å². The van der Waals surface area contributed by atoms with Gasteiger partial charge in [-0.25, -0.2) is 9.78 Å². The van der Waals surface area contributed by atoms with E-state index in [4.69, 9.17) is 9.94 Å². The van der Waals surface area contributed by atoms with Gasteiger partial charge in [-0.1, -0.05) is 17.3 Å². The maximum Gasteiger partial charge on any atom is 0.573 e. The van der Waals surface area contributed by atoms with Gasteiger partial charge < -0.3 is 19.4 Å². The largest absolute Gasteiger partial charge is 0.573 e. The van der Waals surface area contributed by atoms with E-state index < -0.39 is 12.3 Å². The molecule has 0 unspecified atom stereocenters. The van der Waals surface area contributed by atoms with E-state index in [1.165, 1.54) is 49.7 Å². The minimum absolute atomic E-state index is 0.0294. The molecule has 0 atom stereocenters. The molecule has 0 saturated heterocycles. The molecule has 0 aliphatic rings. The monoisotopic (exact) mass is 384 g/mol. The predicted octanol–water partition coefficient (Wildman–Crippen LogP) is 3.57. The third kappa shape index (κ3) is 6.49. The van der Waals surface area contributed by atoms with Gasteiger partial charge in [0.05, 0.1) is 13.3 Å². The van der Waals surface area contributed by atoms with Crippen molar-refractivity contribution in [1.82, 2.24) is 4.98 Å². The number of esters is 1. The molecule has 0 amide bonds. The molecule has 0 aliphatic carbocycles. The molecule has 0 aliphatic heterocycles. The summed E-state index contributed by atoms with van der Waals surface area (Å²) in [5.41, 5.74) is 0.780. The number of halogens is 3. The second-order valence-electron chi connectivity index (χ2n) is 5.16. The lowest BCUT2D eigenvalue weighted by Crippen LogP contribution is -2.17. The van der Waals surface area contributed by atoms with Crippen LogP contribution in [-0.2, 0) is 11.2 Å². The van der Waals surface area contributed by atoms with Gasteiger partial charge in [0.15, 0.2) is 0 Å². The summed E-state index contributed by atoms with van der Waals surface area (Å²) < 4.78 is 50.0. The van der Waals surface area contributed by atoms with Crippen LogP contribution in [0.25, 0.3) is 0 Å². The van der Waals surface area contributed by atoms with Crippen LogP contribution in [0, 0.1) is 0 Å². The topological polar surface area (TPSA) is 90.2 Å². The fourth-order valence-corrected chi connectivity index (χ4v) is 2.03. The van der Waals surface area contributed by atoms with Crippen LogP contribution in [0.3, 0.4) is 0 Å². The van der Waals surface area contributed by atoms with Crippen LogP contribution in [0.1, 0.15) is 22.5 Å². The van der Waals surface area contributed by atoms with Crippen LogP contribution in [0.2, 0.25) is 0 Å². The number of hydrogen-bond acceptors (Lipinski definition) is 7. The maximum absolute atomic E-state index is 12.1. The van der Waals surface area contributed by atoms with Crippen molar-refractivity contribution >= 4 is 11.9 Å². The number of carbonyl (C=O) groups is 1. The highest BCUT2D eigenvalue weighted by molar-refractivity contribution is 5.87. The minimum atomic E-state index is -4.75. The second kappa shape index (κ2) is 8.88. The molecular weight excluding hydrogens is 369 g/mol. The van der Waals surface area contributed by atoms with Crippen LogP contribution in [-0.4, -0.2) is 35.5 Å². The summed E-state index contributed by atoms with van der Waals surface area (Å²) in [6.07, 6.45) is -2.96. The summed E-state index contributed by atoms with van der Waals surface area (Å²) in [5, 5.41) is 12.1. The van der Waals surface area contributed by atoms with Crippen LogP contribution in [0.5, 0.6) is 11.5 Å². The Morgan fingerprint density at radius 2 is 1.81 bits per heavy atom. The summed E-state index contributed by atoms with van der Waals surface area (Å²) >= 11 is 0. The Bertz CT molecular complexity index is 790. The van der Waals surface area contributed by atoms with Crippen LogP contribution in [0.4, 0.5) is 13.2 Å². The first kappa shape index (κ1) is 20.0. The van der Waals surface area contributed by atoms with E-state index in [0.29, 0.717) is 12.0 Å². The van der Waals surface area contributed by atoms with Gasteiger partial charge in [-0.15, -0.1) is 13.2 Å². The van der Waals surface area contributed by atoms with E-state index in [9.17, 15) is 18.0 Å². The molecule has 0 saturated carbocycles. The van der Waals surface area contributed by atoms with Crippen molar-refractivity contribution in [2.45, 2.75) is 19.2 Å². The number of alkyl halides is 3. The van der Waals surface area contributed by atoms with Crippen molar-refractivity contribution in [1.29, 1.82) is 0 Å². The summed E-state index contributed by atoms with van der Waals surface area (Å²) in [7, 11) is 1.23. The zero-order valence-electron chi connectivity index (χ0n) is 14.1. The second-order valence-corrected chi connectivity index (χ2v) is 5.16. The fraction of sp³-hybridized carbons (Fsp3) is 0.235. The molecule has 0 fully saturated rings. The van der Waals surface area contributed by atoms with Gasteiger partial charge in [-0.3, -0.25) is 0 Å². The van der Waals surface area contributed by atoms with Gasteiger partial charge in [-0.05, 0) is 36.2 Å². The number of aryl methyl sites for hydroxylation is 1. The smallest absolute Gasteiger partial charge is 0.464 e. The number of hydrogen-bond donors (Lipinski definition) is 1. The summed E-state index contributed by atoms with van der Waals surface area (Å²) in [4.78, 5) is 15.2. The molecule has 2 rings (SSSR count). The maximum atomic E-state index is 12.1. The van der Waals surface area contributed by atoms with E-state index in [-0.39, 0.29) is 29.5 Å². The summed E-state index contributed by atoms with van der Waals surface area (Å²) in [6, 6.07) is 8.14. The standard InChI is InChI=1S/C17H15F3N2O5/c1-25-16(23)14-8-7-13(10-21-14)26-15(22-24)9-4-11-2-5-12(6-3-11)27-17(18,19)20/h2-3,5-8,10,24H,4,9H2,1H3/b22-15+. The van der Waals surface area contributed by atoms with E-state index >= 15 is 0 Å². The molecule has 2 aromatic rings. The molecule has 1 heterocycles. The molecule has 0 spiro atoms. The van der Waals surface area contributed by atoms with E-state index in [0.717, 1.165) is 0 Å². The molecule has 144 valence electrons. The van der Waals surface area contributed by atoms with Gasteiger partial charge in [-0.2, -0.15) is 0 Å². The number of nitrogens with zero attached hydrogens (tertiary/aromatic N) is 2. The first-order valence-corrected chi connectivity index (χ1v) is 7.58. The highest BCUT2D eigenvalue weighted by atomic mass is 19.4. The summed E-state index contributed by atoms with van der Waals surface area (Å²) in [6.45, 7) is 0. The zero-order chi connectivity index (χ0) is 19.9. The SMILES string of the molecule is COC(=O)c1ccc(O/C(CCc2ccc(OC(F)(F)F)cc2)=N/O)cn1. The first-order valence-electron chi connectivity index (χ1n) is 7.58. The highest BCUT2D eigenvalue weighted by Crippen LogP contribution is 2.23. The Morgan fingerprint density at radius 1 is 1.15 bits per heavy atom. The normalized spacial score (nSPS) is 11.8. The average Bonchev–Trinajstić information content (AvgIpc) is 2.65. The molecule has 0 bridgehead atoms. The van der Waals surface area contributed by atoms with Crippen molar-refractivity contribution in [3.63, 3.8) is 0 Å². The van der Waals surface area contributed by atoms with Gasteiger partial charge in [0.1, 0.15) is 17.2 Å². The quantitative estimate of drug-likeness (QED) is 0.269. The van der Waals surface area contributed by atoms with Crippen LogP contribution < -0.4 is 9.47 Å². The highest BCUT2D eigenvalue weighted by Gasteiger charge is 2.30. The van der Waals surface area contributed by atoms with Crippen molar-refractivity contribution in [3.05, 3.63) is 53.9 Å². The lowest BCUT2D eigenvalue weighted by Gasteiger charge is -2.10.